The molecule has 0 saturated carbocycles. The molecule has 128 valence electrons. The molecule has 0 aliphatic heterocycles. The number of carbonyl (C=O) groups is 1. The van der Waals surface area contributed by atoms with Gasteiger partial charge in [0.2, 0.25) is 5.91 Å². The molecule has 2 heterocycles. The second-order valence-electron chi connectivity index (χ2n) is 5.94. The van der Waals surface area contributed by atoms with Gasteiger partial charge in [0.1, 0.15) is 5.01 Å². The summed E-state index contributed by atoms with van der Waals surface area (Å²) in [4.78, 5) is 21.0. The predicted molar refractivity (Wildman–Crippen MR) is 103 cm³/mol. The van der Waals surface area contributed by atoms with Gasteiger partial charge in [-0.15, -0.1) is 11.3 Å². The molecule has 0 unspecified atom stereocenters. The molecule has 3 aromatic rings. The van der Waals surface area contributed by atoms with Crippen LogP contribution in [0.1, 0.15) is 30.2 Å². The summed E-state index contributed by atoms with van der Waals surface area (Å²) in [6, 6.07) is 10.1. The summed E-state index contributed by atoms with van der Waals surface area (Å²) in [5.74, 6) is 0.0206. The van der Waals surface area contributed by atoms with E-state index in [-0.39, 0.29) is 5.91 Å². The SMILES string of the molecule is CCc1ccc(C)c(NC(=O)CCc2csc(-c3cccnc3)n2)c1. The molecule has 0 radical (unpaired) electrons. The van der Waals surface area contributed by atoms with Crippen LogP contribution in [0.25, 0.3) is 10.6 Å². The summed E-state index contributed by atoms with van der Waals surface area (Å²) < 4.78 is 0. The fourth-order valence-electron chi connectivity index (χ4n) is 2.52. The number of hydrogen-bond donors (Lipinski definition) is 1. The first-order valence-electron chi connectivity index (χ1n) is 8.40. The number of thiazole rings is 1. The van der Waals surface area contributed by atoms with E-state index < -0.39 is 0 Å². The maximum atomic E-state index is 12.3. The van der Waals surface area contributed by atoms with E-state index in [0.29, 0.717) is 12.8 Å². The van der Waals surface area contributed by atoms with Gasteiger partial charge in [0.05, 0.1) is 5.69 Å². The number of rotatable bonds is 6. The van der Waals surface area contributed by atoms with Crippen molar-refractivity contribution in [3.63, 3.8) is 0 Å². The minimum absolute atomic E-state index is 0.0206. The minimum Gasteiger partial charge on any atom is -0.326 e. The van der Waals surface area contributed by atoms with Crippen molar-refractivity contribution < 1.29 is 4.79 Å². The molecule has 0 spiro atoms. The van der Waals surface area contributed by atoms with Gasteiger partial charge in [-0.25, -0.2) is 4.98 Å². The molecule has 0 fully saturated rings. The summed E-state index contributed by atoms with van der Waals surface area (Å²) in [6.07, 6.45) is 5.57. The van der Waals surface area contributed by atoms with Crippen LogP contribution in [0.3, 0.4) is 0 Å². The van der Waals surface area contributed by atoms with E-state index >= 15 is 0 Å². The first-order valence-corrected chi connectivity index (χ1v) is 9.28. The maximum Gasteiger partial charge on any atom is 0.224 e. The van der Waals surface area contributed by atoms with Crippen molar-refractivity contribution in [2.24, 2.45) is 0 Å². The third-order valence-electron chi connectivity index (χ3n) is 4.05. The van der Waals surface area contributed by atoms with Gasteiger partial charge in [-0.05, 0) is 49.1 Å². The smallest absolute Gasteiger partial charge is 0.224 e. The number of pyridine rings is 1. The van der Waals surface area contributed by atoms with Gasteiger partial charge < -0.3 is 5.32 Å². The van der Waals surface area contributed by atoms with Crippen molar-refractivity contribution in [3.8, 4) is 10.6 Å². The fraction of sp³-hybridized carbons (Fsp3) is 0.250. The molecule has 0 saturated heterocycles. The number of carbonyl (C=O) groups excluding carboxylic acids is 1. The maximum absolute atomic E-state index is 12.3. The molecule has 5 heteroatoms. The molecular formula is C20H21N3OS. The number of hydrogen-bond acceptors (Lipinski definition) is 4. The number of anilines is 1. The standard InChI is InChI=1S/C20H21N3OS/c1-3-15-7-6-14(2)18(11-15)23-19(24)9-8-17-13-25-20(22-17)16-5-4-10-21-12-16/h4-7,10-13H,3,8-9H2,1-2H3,(H,23,24). The molecule has 1 amide bonds. The highest BCUT2D eigenvalue weighted by Crippen LogP contribution is 2.23. The Labute approximate surface area is 152 Å². The lowest BCUT2D eigenvalue weighted by atomic mass is 10.1. The summed E-state index contributed by atoms with van der Waals surface area (Å²) in [5, 5.41) is 5.97. The first kappa shape index (κ1) is 17.3. The number of amides is 1. The summed E-state index contributed by atoms with van der Waals surface area (Å²) in [5.41, 5.74) is 5.16. The Morgan fingerprint density at radius 3 is 2.92 bits per heavy atom. The monoisotopic (exact) mass is 351 g/mol. The van der Waals surface area contributed by atoms with Crippen LogP contribution >= 0.6 is 11.3 Å². The van der Waals surface area contributed by atoms with Crippen molar-refractivity contribution in [2.45, 2.75) is 33.1 Å². The Hall–Kier alpha value is -2.53. The highest BCUT2D eigenvalue weighted by Gasteiger charge is 2.09. The zero-order chi connectivity index (χ0) is 17.6. The Morgan fingerprint density at radius 2 is 2.16 bits per heavy atom. The van der Waals surface area contributed by atoms with Crippen molar-refractivity contribution in [2.75, 3.05) is 5.32 Å². The highest BCUT2D eigenvalue weighted by atomic mass is 32.1. The van der Waals surface area contributed by atoms with Gasteiger partial charge in [0.15, 0.2) is 0 Å². The lowest BCUT2D eigenvalue weighted by molar-refractivity contribution is -0.116. The summed E-state index contributed by atoms with van der Waals surface area (Å²) >= 11 is 1.58. The molecule has 25 heavy (non-hydrogen) atoms. The van der Waals surface area contributed by atoms with E-state index in [4.69, 9.17) is 0 Å². The molecule has 3 rings (SSSR count). The van der Waals surface area contributed by atoms with Crippen molar-refractivity contribution in [1.29, 1.82) is 0 Å². The number of nitrogens with zero attached hydrogens (tertiary/aromatic N) is 2. The zero-order valence-corrected chi connectivity index (χ0v) is 15.3. The minimum atomic E-state index is 0.0206. The van der Waals surface area contributed by atoms with Crippen LogP contribution in [0.2, 0.25) is 0 Å². The molecule has 2 aromatic heterocycles. The van der Waals surface area contributed by atoms with Gasteiger partial charge in [0, 0.05) is 35.4 Å². The van der Waals surface area contributed by atoms with Crippen molar-refractivity contribution in [1.82, 2.24) is 9.97 Å². The van der Waals surface area contributed by atoms with E-state index in [1.54, 1.807) is 23.7 Å². The van der Waals surface area contributed by atoms with E-state index in [1.807, 2.05) is 24.4 Å². The Morgan fingerprint density at radius 1 is 1.28 bits per heavy atom. The van der Waals surface area contributed by atoms with Crippen LogP contribution in [0.15, 0.2) is 48.1 Å². The summed E-state index contributed by atoms with van der Waals surface area (Å²) in [7, 11) is 0. The second kappa shape index (κ2) is 8.03. The Bertz CT molecular complexity index is 858. The van der Waals surface area contributed by atoms with Crippen molar-refractivity contribution in [3.05, 3.63) is 64.9 Å². The lowest BCUT2D eigenvalue weighted by Crippen LogP contribution is -2.13. The zero-order valence-electron chi connectivity index (χ0n) is 14.5. The van der Waals surface area contributed by atoms with Crippen molar-refractivity contribution >= 4 is 22.9 Å². The van der Waals surface area contributed by atoms with Crippen LogP contribution in [-0.2, 0) is 17.6 Å². The largest absolute Gasteiger partial charge is 0.326 e. The predicted octanol–water partition coefficient (Wildman–Crippen LogP) is 4.65. The van der Waals surface area contributed by atoms with Gasteiger partial charge in [-0.3, -0.25) is 9.78 Å². The molecule has 1 aromatic carbocycles. The van der Waals surface area contributed by atoms with Crippen LogP contribution in [0.5, 0.6) is 0 Å². The molecule has 0 atom stereocenters. The molecule has 0 aliphatic rings. The van der Waals surface area contributed by atoms with E-state index in [2.05, 4.69) is 40.4 Å². The third-order valence-corrected chi connectivity index (χ3v) is 4.99. The van der Waals surface area contributed by atoms with E-state index in [9.17, 15) is 4.79 Å². The number of aryl methyl sites for hydroxylation is 3. The van der Waals surface area contributed by atoms with Crippen LogP contribution in [0.4, 0.5) is 5.69 Å². The molecule has 4 nitrogen and oxygen atoms in total. The number of benzene rings is 1. The molecule has 0 bridgehead atoms. The number of aromatic nitrogens is 2. The van der Waals surface area contributed by atoms with Crippen LogP contribution < -0.4 is 5.32 Å². The Kier molecular flexibility index (Phi) is 5.56. The van der Waals surface area contributed by atoms with Gasteiger partial charge in [-0.2, -0.15) is 0 Å². The van der Waals surface area contributed by atoms with Crippen LogP contribution in [0, 0.1) is 6.92 Å². The second-order valence-corrected chi connectivity index (χ2v) is 6.79. The third kappa shape index (κ3) is 4.51. The average molecular weight is 351 g/mol. The first-order chi connectivity index (χ1) is 12.2. The fourth-order valence-corrected chi connectivity index (χ4v) is 3.37. The lowest BCUT2D eigenvalue weighted by Gasteiger charge is -2.09. The average Bonchev–Trinajstić information content (AvgIpc) is 3.12. The number of nitrogens with one attached hydrogen (secondary N) is 1. The van der Waals surface area contributed by atoms with E-state index in [0.717, 1.165) is 33.9 Å². The van der Waals surface area contributed by atoms with Gasteiger partial charge in [0.25, 0.3) is 0 Å². The van der Waals surface area contributed by atoms with Gasteiger partial charge >= 0.3 is 0 Å². The normalized spacial score (nSPS) is 10.6. The quantitative estimate of drug-likeness (QED) is 0.703. The molecule has 0 aliphatic carbocycles. The molecular weight excluding hydrogens is 330 g/mol. The highest BCUT2D eigenvalue weighted by molar-refractivity contribution is 7.13. The van der Waals surface area contributed by atoms with Gasteiger partial charge in [-0.1, -0.05) is 19.1 Å². The van der Waals surface area contributed by atoms with Crippen LogP contribution in [-0.4, -0.2) is 15.9 Å². The molecule has 1 N–H and O–H groups in total. The Balaban J connectivity index is 1.59. The van der Waals surface area contributed by atoms with E-state index in [1.165, 1.54) is 5.56 Å². The topological polar surface area (TPSA) is 54.9 Å². The summed E-state index contributed by atoms with van der Waals surface area (Å²) in [6.45, 7) is 4.12.